The lowest BCUT2D eigenvalue weighted by molar-refractivity contribution is 0.0955. The van der Waals surface area contributed by atoms with Gasteiger partial charge in [0.25, 0.3) is 5.91 Å². The predicted octanol–water partition coefficient (Wildman–Crippen LogP) is 1.35. The number of rotatable bonds is 5. The molecule has 4 N–H and O–H groups in total. The lowest BCUT2D eigenvalue weighted by atomic mass is 10.2. The minimum Gasteiger partial charge on any atom is -0.504 e. The van der Waals surface area contributed by atoms with Gasteiger partial charge < -0.3 is 15.3 Å². The molecule has 10 heteroatoms. The van der Waals surface area contributed by atoms with Crippen LogP contribution in [0.2, 0.25) is 0 Å². The normalized spacial score (nSPS) is 15.1. The van der Waals surface area contributed by atoms with Gasteiger partial charge in [-0.15, -0.1) is 0 Å². The maximum atomic E-state index is 12.6. The van der Waals surface area contributed by atoms with Crippen molar-refractivity contribution >= 4 is 22.1 Å². The van der Waals surface area contributed by atoms with Crippen molar-refractivity contribution in [2.24, 2.45) is 5.10 Å². The molecule has 1 aliphatic rings. The number of carbonyl (C=O) groups excluding carboxylic acids is 1. The van der Waals surface area contributed by atoms with E-state index in [1.807, 2.05) is 0 Å². The minimum absolute atomic E-state index is 0.0344. The number of benzene rings is 2. The van der Waals surface area contributed by atoms with Crippen LogP contribution in [0.3, 0.4) is 0 Å². The van der Waals surface area contributed by atoms with Gasteiger partial charge in [0.1, 0.15) is 0 Å². The number of hydrazone groups is 1. The van der Waals surface area contributed by atoms with Gasteiger partial charge in [0, 0.05) is 24.2 Å². The molecule has 9 nitrogen and oxygen atoms in total. The van der Waals surface area contributed by atoms with Crippen molar-refractivity contribution in [2.75, 3.05) is 13.1 Å². The van der Waals surface area contributed by atoms with Crippen molar-refractivity contribution in [2.45, 2.75) is 17.7 Å². The third-order valence-corrected chi connectivity index (χ3v) is 6.22. The van der Waals surface area contributed by atoms with E-state index in [2.05, 4.69) is 10.5 Å². The molecule has 0 unspecified atom stereocenters. The third kappa shape index (κ3) is 3.92. The molecule has 1 heterocycles. The van der Waals surface area contributed by atoms with Gasteiger partial charge in [-0.1, -0.05) is 6.07 Å². The van der Waals surface area contributed by atoms with Crippen molar-refractivity contribution in [1.29, 1.82) is 0 Å². The van der Waals surface area contributed by atoms with Crippen LogP contribution in [0.25, 0.3) is 0 Å². The van der Waals surface area contributed by atoms with Gasteiger partial charge in [0.2, 0.25) is 15.8 Å². The third-order valence-electron chi connectivity index (χ3n) is 4.33. The summed E-state index contributed by atoms with van der Waals surface area (Å²) in [5.74, 6) is -2.42. The van der Waals surface area contributed by atoms with Gasteiger partial charge in [-0.3, -0.25) is 4.79 Å². The topological polar surface area (TPSA) is 140 Å². The number of nitrogens with zero attached hydrogens (tertiary/aromatic N) is 2. The van der Waals surface area contributed by atoms with Gasteiger partial charge in [0.05, 0.1) is 11.1 Å². The highest BCUT2D eigenvalue weighted by Crippen LogP contribution is 2.36. The van der Waals surface area contributed by atoms with E-state index in [0.717, 1.165) is 25.1 Å². The highest BCUT2D eigenvalue weighted by atomic mass is 32.2. The fraction of sp³-hybridized carbons (Fsp3) is 0.222. The summed E-state index contributed by atoms with van der Waals surface area (Å²) >= 11 is 0. The Bertz CT molecular complexity index is 1030. The predicted molar refractivity (Wildman–Crippen MR) is 101 cm³/mol. The van der Waals surface area contributed by atoms with E-state index in [1.165, 1.54) is 34.6 Å². The lowest BCUT2D eigenvalue weighted by Gasteiger charge is -2.15. The smallest absolute Gasteiger partial charge is 0.271 e. The number of phenols is 3. The highest BCUT2D eigenvalue weighted by molar-refractivity contribution is 7.89. The molecule has 1 aliphatic heterocycles. The summed E-state index contributed by atoms with van der Waals surface area (Å²) in [4.78, 5) is 12.3. The Morgan fingerprint density at radius 3 is 2.50 bits per heavy atom. The van der Waals surface area contributed by atoms with E-state index in [-0.39, 0.29) is 16.0 Å². The van der Waals surface area contributed by atoms with Crippen LogP contribution in [0, 0.1) is 0 Å². The molecule has 2 aromatic rings. The molecule has 0 aromatic heterocycles. The van der Waals surface area contributed by atoms with Crippen LogP contribution in [-0.4, -0.2) is 53.3 Å². The first kappa shape index (κ1) is 19.6. The first-order valence-electron chi connectivity index (χ1n) is 8.48. The molecular weight excluding hydrogens is 386 g/mol. The van der Waals surface area contributed by atoms with Crippen molar-refractivity contribution < 1.29 is 28.5 Å². The SMILES string of the molecule is O=C(NN=Cc1ccc(O)c(O)c1O)c1cccc(S(=O)(=O)N2CCCC2)c1. The molecule has 1 amide bonds. The molecule has 3 rings (SSSR count). The van der Waals surface area contributed by atoms with Crippen LogP contribution >= 0.6 is 0 Å². The van der Waals surface area contributed by atoms with E-state index < -0.39 is 33.2 Å². The van der Waals surface area contributed by atoms with Crippen molar-refractivity contribution in [3.05, 3.63) is 47.5 Å². The molecule has 0 saturated carbocycles. The zero-order chi connectivity index (χ0) is 20.3. The van der Waals surface area contributed by atoms with Crippen LogP contribution < -0.4 is 5.43 Å². The summed E-state index contributed by atoms with van der Waals surface area (Å²) in [6, 6.07) is 8.10. The van der Waals surface area contributed by atoms with Crippen LogP contribution in [-0.2, 0) is 10.0 Å². The fourth-order valence-electron chi connectivity index (χ4n) is 2.79. The monoisotopic (exact) mass is 405 g/mol. The van der Waals surface area contributed by atoms with Crippen molar-refractivity contribution in [1.82, 2.24) is 9.73 Å². The Balaban J connectivity index is 1.74. The van der Waals surface area contributed by atoms with Gasteiger partial charge in [-0.25, -0.2) is 13.8 Å². The number of sulfonamides is 1. The Morgan fingerprint density at radius 2 is 1.79 bits per heavy atom. The summed E-state index contributed by atoms with van der Waals surface area (Å²) < 4.78 is 26.6. The zero-order valence-corrected chi connectivity index (χ0v) is 15.6. The summed E-state index contributed by atoms with van der Waals surface area (Å²) in [7, 11) is -3.64. The molecule has 0 spiro atoms. The second-order valence-corrected chi connectivity index (χ2v) is 8.15. The average Bonchev–Trinajstić information content (AvgIpc) is 3.23. The first-order chi connectivity index (χ1) is 13.3. The van der Waals surface area contributed by atoms with Crippen LogP contribution in [0.1, 0.15) is 28.8 Å². The molecule has 0 atom stereocenters. The summed E-state index contributed by atoms with van der Waals surface area (Å²) in [6.07, 6.45) is 2.71. The number of carbonyl (C=O) groups is 1. The molecular formula is C18H19N3O6S. The van der Waals surface area contributed by atoms with E-state index in [4.69, 9.17) is 0 Å². The van der Waals surface area contributed by atoms with E-state index in [9.17, 15) is 28.5 Å². The molecule has 1 saturated heterocycles. The van der Waals surface area contributed by atoms with Crippen LogP contribution in [0.4, 0.5) is 0 Å². The molecule has 0 aliphatic carbocycles. The van der Waals surface area contributed by atoms with Crippen LogP contribution in [0.5, 0.6) is 17.2 Å². The van der Waals surface area contributed by atoms with E-state index in [0.29, 0.717) is 13.1 Å². The Morgan fingerprint density at radius 1 is 1.07 bits per heavy atom. The van der Waals surface area contributed by atoms with Gasteiger partial charge in [-0.2, -0.15) is 9.41 Å². The average molecular weight is 405 g/mol. The number of aromatic hydroxyl groups is 3. The van der Waals surface area contributed by atoms with Gasteiger partial charge >= 0.3 is 0 Å². The van der Waals surface area contributed by atoms with Gasteiger partial charge in [-0.05, 0) is 43.2 Å². The first-order valence-corrected chi connectivity index (χ1v) is 9.92. The number of amides is 1. The molecule has 1 fully saturated rings. The van der Waals surface area contributed by atoms with Crippen molar-refractivity contribution in [3.8, 4) is 17.2 Å². The minimum atomic E-state index is -3.64. The summed E-state index contributed by atoms with van der Waals surface area (Å²) in [5, 5.41) is 32.1. The van der Waals surface area contributed by atoms with Gasteiger partial charge in [0.15, 0.2) is 11.5 Å². The lowest BCUT2D eigenvalue weighted by Crippen LogP contribution is -2.28. The number of hydrogen-bond acceptors (Lipinski definition) is 7. The largest absolute Gasteiger partial charge is 0.504 e. The molecule has 0 bridgehead atoms. The second-order valence-electron chi connectivity index (χ2n) is 6.21. The maximum Gasteiger partial charge on any atom is 0.271 e. The maximum absolute atomic E-state index is 12.6. The Labute approximate surface area is 161 Å². The summed E-state index contributed by atoms with van der Waals surface area (Å²) in [5.41, 5.74) is 2.40. The highest BCUT2D eigenvalue weighted by Gasteiger charge is 2.27. The Hall–Kier alpha value is -3.11. The molecule has 148 valence electrons. The number of nitrogens with one attached hydrogen (secondary N) is 1. The number of phenolic OH excluding ortho intramolecular Hbond substituents is 3. The van der Waals surface area contributed by atoms with E-state index in [1.54, 1.807) is 0 Å². The standard InChI is InChI=1S/C18H19N3O6S/c22-15-7-6-13(16(23)17(15)24)11-19-20-18(25)12-4-3-5-14(10-12)28(26,27)21-8-1-2-9-21/h3-7,10-11,22-24H,1-2,8-9H2,(H,20,25). The second kappa shape index (κ2) is 7.87. The zero-order valence-electron chi connectivity index (χ0n) is 14.7. The summed E-state index contributed by atoms with van der Waals surface area (Å²) in [6.45, 7) is 0.929. The molecule has 2 aromatic carbocycles. The molecule has 0 radical (unpaired) electrons. The Kier molecular flexibility index (Phi) is 5.52. The quantitative estimate of drug-likeness (QED) is 0.336. The fourth-order valence-corrected chi connectivity index (χ4v) is 4.35. The van der Waals surface area contributed by atoms with E-state index >= 15 is 0 Å². The van der Waals surface area contributed by atoms with Crippen LogP contribution in [0.15, 0.2) is 46.4 Å². The molecule has 28 heavy (non-hydrogen) atoms. The van der Waals surface area contributed by atoms with Crippen molar-refractivity contribution in [3.63, 3.8) is 0 Å². The number of hydrogen-bond donors (Lipinski definition) is 4.